The molecule has 51 heavy (non-hydrogen) atoms. The number of carbonyl (C=O) groups excluding carboxylic acids is 1. The highest BCUT2D eigenvalue weighted by atomic mass is 31.2. The van der Waals surface area contributed by atoms with Crippen molar-refractivity contribution in [3.8, 4) is 0 Å². The van der Waals surface area contributed by atoms with E-state index in [1.165, 1.54) is 0 Å². The highest BCUT2D eigenvalue weighted by Crippen LogP contribution is 2.43. The molecule has 0 radical (unpaired) electrons. The van der Waals surface area contributed by atoms with E-state index in [-0.39, 0.29) is 25.7 Å². The van der Waals surface area contributed by atoms with Gasteiger partial charge in [-0.2, -0.15) is 0 Å². The number of rotatable bonds is 33. The number of hydrogen-bond donors (Lipinski definition) is 4. The van der Waals surface area contributed by atoms with Crippen molar-refractivity contribution in [3.63, 3.8) is 0 Å². The Hall–Kier alpha value is -2.84. The van der Waals surface area contributed by atoms with E-state index in [1.807, 2.05) is 19.1 Å². The van der Waals surface area contributed by atoms with E-state index in [1.54, 1.807) is 6.08 Å². The number of phosphoric ester groups is 1. The van der Waals surface area contributed by atoms with Crippen LogP contribution in [0.4, 0.5) is 0 Å². The summed E-state index contributed by atoms with van der Waals surface area (Å²) < 4.78 is 21.9. The maximum absolute atomic E-state index is 12.7. The van der Waals surface area contributed by atoms with Crippen LogP contribution >= 0.6 is 7.82 Å². The zero-order chi connectivity index (χ0) is 37.5. The summed E-state index contributed by atoms with van der Waals surface area (Å²) in [5.41, 5.74) is 5.34. The molecule has 1 amide bonds. The lowest BCUT2D eigenvalue weighted by atomic mass is 10.1. The molecule has 0 aliphatic rings. The zero-order valence-electron chi connectivity index (χ0n) is 31.5. The maximum Gasteiger partial charge on any atom is 0.472 e. The summed E-state index contributed by atoms with van der Waals surface area (Å²) in [6, 6.07) is -0.903. The molecule has 0 aliphatic carbocycles. The summed E-state index contributed by atoms with van der Waals surface area (Å²) in [6.07, 6.45) is 51.6. The molecule has 0 aromatic rings. The van der Waals surface area contributed by atoms with Gasteiger partial charge in [-0.1, -0.05) is 129 Å². The van der Waals surface area contributed by atoms with Crippen LogP contribution in [0.2, 0.25) is 0 Å². The van der Waals surface area contributed by atoms with Crippen LogP contribution < -0.4 is 11.1 Å². The van der Waals surface area contributed by atoms with Gasteiger partial charge in [-0.3, -0.25) is 13.8 Å². The van der Waals surface area contributed by atoms with E-state index in [0.29, 0.717) is 12.8 Å². The molecule has 0 fully saturated rings. The number of phosphoric acid groups is 1. The number of nitrogens with one attached hydrogen (secondary N) is 1. The summed E-state index contributed by atoms with van der Waals surface area (Å²) >= 11 is 0. The molecular weight excluding hydrogens is 659 g/mol. The highest BCUT2D eigenvalue weighted by molar-refractivity contribution is 7.47. The Morgan fingerprint density at radius 1 is 0.686 bits per heavy atom. The lowest BCUT2D eigenvalue weighted by molar-refractivity contribution is -0.123. The average molecular weight is 729 g/mol. The van der Waals surface area contributed by atoms with Gasteiger partial charge in [-0.15, -0.1) is 0 Å². The normalized spacial score (nSPS) is 15.5. The van der Waals surface area contributed by atoms with E-state index in [9.17, 15) is 19.4 Å². The number of amides is 1. The van der Waals surface area contributed by atoms with Crippen molar-refractivity contribution in [1.82, 2.24) is 5.32 Å². The maximum atomic E-state index is 12.7. The molecule has 0 rings (SSSR count). The number of unbranched alkanes of at least 4 members (excludes halogenated alkanes) is 6. The van der Waals surface area contributed by atoms with Gasteiger partial charge in [0.25, 0.3) is 0 Å². The Morgan fingerprint density at radius 2 is 1.18 bits per heavy atom. The van der Waals surface area contributed by atoms with Crippen molar-refractivity contribution in [1.29, 1.82) is 0 Å². The van der Waals surface area contributed by atoms with E-state index < -0.39 is 20.0 Å². The second-order valence-electron chi connectivity index (χ2n) is 12.0. The van der Waals surface area contributed by atoms with Crippen LogP contribution in [-0.4, -0.2) is 47.8 Å². The molecule has 0 bridgehead atoms. The van der Waals surface area contributed by atoms with Gasteiger partial charge in [0.05, 0.1) is 25.4 Å². The van der Waals surface area contributed by atoms with E-state index in [0.717, 1.165) is 89.9 Å². The number of hydrogen-bond acceptors (Lipinski definition) is 6. The molecule has 5 N–H and O–H groups in total. The molecule has 0 saturated heterocycles. The second kappa shape index (κ2) is 36.9. The van der Waals surface area contributed by atoms with Gasteiger partial charge in [-0.25, -0.2) is 4.57 Å². The molecule has 9 heteroatoms. The van der Waals surface area contributed by atoms with Gasteiger partial charge < -0.3 is 21.1 Å². The third-order valence-electron chi connectivity index (χ3n) is 7.40. The smallest absolute Gasteiger partial charge is 0.387 e. The molecule has 0 heterocycles. The molecule has 3 unspecified atom stereocenters. The predicted molar refractivity (Wildman–Crippen MR) is 216 cm³/mol. The third-order valence-corrected chi connectivity index (χ3v) is 8.39. The Kier molecular flexibility index (Phi) is 34.9. The first-order chi connectivity index (χ1) is 24.9. The van der Waals surface area contributed by atoms with Gasteiger partial charge in [0.2, 0.25) is 5.91 Å². The molecule has 0 aromatic carbocycles. The van der Waals surface area contributed by atoms with Crippen molar-refractivity contribution in [2.24, 2.45) is 5.73 Å². The topological polar surface area (TPSA) is 131 Å². The van der Waals surface area contributed by atoms with Crippen LogP contribution in [0.3, 0.4) is 0 Å². The SMILES string of the molecule is C/C=C/CC/C=C/CC/C=C/C(O)C(COP(=O)(O)OCCN)NC(=O)CCCCCC/C=C\C/C=C\C/C=C\C/C=C\C/C=C\C/C=C\CC. The summed E-state index contributed by atoms with van der Waals surface area (Å²) in [4.78, 5) is 22.5. The van der Waals surface area contributed by atoms with Crippen molar-refractivity contribution in [3.05, 3.63) is 109 Å². The van der Waals surface area contributed by atoms with Gasteiger partial charge >= 0.3 is 7.82 Å². The first-order valence-electron chi connectivity index (χ1n) is 19.0. The minimum Gasteiger partial charge on any atom is -0.387 e. The van der Waals surface area contributed by atoms with Gasteiger partial charge in [0.15, 0.2) is 0 Å². The second-order valence-corrected chi connectivity index (χ2v) is 13.5. The molecular formula is C42H69N2O6P. The monoisotopic (exact) mass is 728 g/mol. The quantitative estimate of drug-likeness (QED) is 0.0301. The lowest BCUT2D eigenvalue weighted by Crippen LogP contribution is -2.45. The molecule has 0 aliphatic heterocycles. The van der Waals surface area contributed by atoms with Gasteiger partial charge in [0.1, 0.15) is 0 Å². The number of nitrogens with two attached hydrogens (primary N) is 1. The highest BCUT2D eigenvalue weighted by Gasteiger charge is 2.26. The van der Waals surface area contributed by atoms with E-state index >= 15 is 0 Å². The fourth-order valence-electron chi connectivity index (χ4n) is 4.58. The molecule has 0 aromatic heterocycles. The number of aliphatic hydroxyl groups is 1. The third kappa shape index (κ3) is 35.4. The fraction of sp³-hybridized carbons (Fsp3) is 0.548. The molecule has 288 valence electrons. The van der Waals surface area contributed by atoms with Crippen LogP contribution in [0.15, 0.2) is 109 Å². The number of carbonyl (C=O) groups is 1. The first-order valence-corrected chi connectivity index (χ1v) is 20.5. The van der Waals surface area contributed by atoms with Crippen molar-refractivity contribution < 1.29 is 28.4 Å². The van der Waals surface area contributed by atoms with Crippen LogP contribution in [0.5, 0.6) is 0 Å². The van der Waals surface area contributed by atoms with E-state index in [2.05, 4.69) is 103 Å². The number of allylic oxidation sites excluding steroid dienone is 17. The average Bonchev–Trinajstić information content (AvgIpc) is 3.12. The molecule has 3 atom stereocenters. The van der Waals surface area contributed by atoms with Crippen molar-refractivity contribution >= 4 is 13.7 Å². The first kappa shape index (κ1) is 48.2. The van der Waals surface area contributed by atoms with Crippen LogP contribution in [0, 0.1) is 0 Å². The van der Waals surface area contributed by atoms with Crippen LogP contribution in [0.25, 0.3) is 0 Å². The van der Waals surface area contributed by atoms with Crippen molar-refractivity contribution in [2.45, 2.75) is 129 Å². The number of aliphatic hydroxyl groups excluding tert-OH is 1. The minimum absolute atomic E-state index is 0.0601. The van der Waals surface area contributed by atoms with Gasteiger partial charge in [0, 0.05) is 13.0 Å². The van der Waals surface area contributed by atoms with Crippen LogP contribution in [-0.2, 0) is 18.4 Å². The lowest BCUT2D eigenvalue weighted by Gasteiger charge is -2.23. The van der Waals surface area contributed by atoms with Gasteiger partial charge in [-0.05, 0) is 90.4 Å². The summed E-state index contributed by atoms with van der Waals surface area (Å²) in [5.74, 6) is -0.243. The molecule has 0 saturated carbocycles. The van der Waals surface area contributed by atoms with E-state index in [4.69, 9.17) is 14.8 Å². The Balaban J connectivity index is 4.30. The summed E-state index contributed by atoms with van der Waals surface area (Å²) in [5, 5.41) is 13.5. The van der Waals surface area contributed by atoms with Crippen LogP contribution in [0.1, 0.15) is 117 Å². The summed E-state index contributed by atoms with van der Waals surface area (Å²) in [6.45, 7) is 3.69. The Morgan fingerprint density at radius 3 is 1.73 bits per heavy atom. The Labute approximate surface area is 310 Å². The Bertz CT molecular complexity index is 1150. The largest absolute Gasteiger partial charge is 0.472 e. The zero-order valence-corrected chi connectivity index (χ0v) is 32.4. The predicted octanol–water partition coefficient (Wildman–Crippen LogP) is 10.2. The standard InChI is InChI=1S/C42H69N2O6P/c1-3-5-7-9-11-13-14-15-16-17-18-19-20-21-22-23-24-25-26-28-30-32-34-36-42(46)44-40(39-50-51(47,48)49-38-37-43)41(45)35-33-31-29-27-12-10-8-6-4-2/h4-7,11-13,15-16,18-19,21-22,24-25,27,33,35,40-41,45H,3,8-10,14,17,20,23,26,28-32,34,36-39,43H2,1-2H3,(H,44,46)(H,47,48)/b6-4+,7-5-,13-11-,16-15-,19-18-,22-21-,25-24-,27-12+,35-33+. The van der Waals surface area contributed by atoms with Crippen molar-refractivity contribution in [2.75, 3.05) is 19.8 Å². The minimum atomic E-state index is -4.36. The molecule has 8 nitrogen and oxygen atoms in total. The fourth-order valence-corrected chi connectivity index (χ4v) is 5.34. The summed E-state index contributed by atoms with van der Waals surface area (Å²) in [7, 11) is -4.36. The molecule has 0 spiro atoms.